The van der Waals surface area contributed by atoms with Crippen LogP contribution < -0.4 is 10.5 Å². The lowest BCUT2D eigenvalue weighted by molar-refractivity contribution is 0.0698. The Morgan fingerprint density at radius 2 is 2.04 bits per heavy atom. The molecule has 3 aromatic rings. The summed E-state index contributed by atoms with van der Waals surface area (Å²) in [6, 6.07) is 11.9. The maximum absolute atomic E-state index is 11.9. The van der Waals surface area contributed by atoms with E-state index in [4.69, 9.17) is 5.14 Å². The number of para-hydroxylation sites is 1. The van der Waals surface area contributed by atoms with Gasteiger partial charge in [-0.1, -0.05) is 28.1 Å². The summed E-state index contributed by atoms with van der Waals surface area (Å²) >= 11 is 1.61. The van der Waals surface area contributed by atoms with E-state index in [1.807, 2.05) is 12.1 Å². The van der Waals surface area contributed by atoms with Crippen LogP contribution in [0.2, 0.25) is 0 Å². The quantitative estimate of drug-likeness (QED) is 0.573. The van der Waals surface area contributed by atoms with Crippen molar-refractivity contribution in [3.63, 3.8) is 0 Å². The third-order valence-corrected chi connectivity index (χ3v) is 4.67. The first-order chi connectivity index (χ1) is 11.5. The average Bonchev–Trinajstić information content (AvgIpc) is 2.55. The Balaban J connectivity index is 2.23. The van der Waals surface area contributed by atoms with Gasteiger partial charge in [-0.25, -0.2) is 4.79 Å². The molecule has 3 rings (SSSR count). The largest absolute Gasteiger partial charge is 0.593 e. The van der Waals surface area contributed by atoms with Gasteiger partial charge in [0, 0.05) is 9.86 Å². The molecule has 0 aliphatic carbocycles. The highest BCUT2D eigenvalue weighted by Crippen LogP contribution is 2.33. The van der Waals surface area contributed by atoms with Crippen molar-refractivity contribution in [2.45, 2.75) is 4.90 Å². The SMILES string of the molecule is N[S+]([O-])c1cnc2ccc(Br)cc2c1Nc1ccccc1C(=O)O. The summed E-state index contributed by atoms with van der Waals surface area (Å²) in [5.74, 6) is -1.06. The molecule has 0 radical (unpaired) electrons. The van der Waals surface area contributed by atoms with Crippen molar-refractivity contribution < 1.29 is 14.5 Å². The number of halogens is 1. The van der Waals surface area contributed by atoms with Crippen LogP contribution in [0, 0.1) is 0 Å². The molecule has 8 heteroatoms. The van der Waals surface area contributed by atoms with Crippen molar-refractivity contribution >= 4 is 55.5 Å². The third-order valence-electron chi connectivity index (χ3n) is 3.43. The molecule has 1 atom stereocenters. The van der Waals surface area contributed by atoms with Crippen molar-refractivity contribution in [1.82, 2.24) is 4.98 Å². The van der Waals surface area contributed by atoms with E-state index >= 15 is 0 Å². The monoisotopic (exact) mass is 405 g/mol. The van der Waals surface area contributed by atoms with Crippen molar-refractivity contribution in [3.05, 3.63) is 58.7 Å². The van der Waals surface area contributed by atoms with Crippen LogP contribution in [0.1, 0.15) is 10.4 Å². The minimum atomic E-state index is -1.78. The fourth-order valence-electron chi connectivity index (χ4n) is 2.34. The smallest absolute Gasteiger partial charge is 0.337 e. The van der Waals surface area contributed by atoms with Gasteiger partial charge in [-0.3, -0.25) is 4.98 Å². The molecule has 0 bridgehead atoms. The fraction of sp³-hybridized carbons (Fsp3) is 0. The first-order valence-corrected chi connectivity index (χ1v) is 8.82. The number of carboxylic acid groups (broad SMARTS) is 1. The highest BCUT2D eigenvalue weighted by Gasteiger charge is 2.20. The van der Waals surface area contributed by atoms with Crippen LogP contribution >= 0.6 is 15.9 Å². The van der Waals surface area contributed by atoms with Gasteiger partial charge in [0.25, 0.3) is 0 Å². The number of anilines is 2. The Kier molecular flexibility index (Phi) is 4.72. The van der Waals surface area contributed by atoms with Crippen LogP contribution in [0.15, 0.2) is 58.0 Å². The number of hydrogen-bond acceptors (Lipinski definition) is 5. The van der Waals surface area contributed by atoms with Crippen molar-refractivity contribution in [2.75, 3.05) is 5.32 Å². The number of carboxylic acids is 1. The molecule has 1 aromatic heterocycles. The normalized spacial score (nSPS) is 12.1. The number of nitrogens with two attached hydrogens (primary N) is 1. The molecule has 4 N–H and O–H groups in total. The summed E-state index contributed by atoms with van der Waals surface area (Å²) in [6.07, 6.45) is 1.43. The Morgan fingerprint density at radius 1 is 1.29 bits per heavy atom. The lowest BCUT2D eigenvalue weighted by Gasteiger charge is -2.15. The molecule has 1 unspecified atom stereocenters. The van der Waals surface area contributed by atoms with E-state index < -0.39 is 17.3 Å². The predicted octanol–water partition coefficient (Wildman–Crippen LogP) is 3.42. The van der Waals surface area contributed by atoms with Crippen LogP contribution in [0.3, 0.4) is 0 Å². The zero-order valence-electron chi connectivity index (χ0n) is 12.2. The Morgan fingerprint density at radius 3 is 2.75 bits per heavy atom. The van der Waals surface area contributed by atoms with Crippen LogP contribution in [0.4, 0.5) is 11.4 Å². The zero-order chi connectivity index (χ0) is 17.3. The van der Waals surface area contributed by atoms with Gasteiger partial charge in [-0.15, -0.1) is 5.14 Å². The highest BCUT2D eigenvalue weighted by atomic mass is 79.9. The summed E-state index contributed by atoms with van der Waals surface area (Å²) in [5.41, 5.74) is 1.62. The van der Waals surface area contributed by atoms with Gasteiger partial charge in [-0.05, 0) is 30.3 Å². The minimum Gasteiger partial charge on any atom is -0.593 e. The van der Waals surface area contributed by atoms with Crippen LogP contribution in [-0.4, -0.2) is 20.6 Å². The third kappa shape index (κ3) is 3.22. The van der Waals surface area contributed by atoms with Gasteiger partial charge in [0.1, 0.15) is 5.69 Å². The second-order valence-electron chi connectivity index (χ2n) is 4.93. The Labute approximate surface area is 149 Å². The van der Waals surface area contributed by atoms with E-state index in [0.29, 0.717) is 27.2 Å². The fourth-order valence-corrected chi connectivity index (χ4v) is 3.22. The molecule has 122 valence electrons. The second-order valence-corrected chi connectivity index (χ2v) is 6.88. The Hall–Kier alpha value is -2.13. The molecule has 0 saturated heterocycles. The number of carbonyl (C=O) groups is 1. The van der Waals surface area contributed by atoms with Gasteiger partial charge in [0.05, 0.1) is 34.3 Å². The standard InChI is InChI=1S/C16H12BrN3O3S/c17-9-5-6-12-11(7-9)15(14(8-19-12)24(18)23)20-13-4-2-1-3-10(13)16(21)22/h1-8H,18H2,(H,19,20)(H,21,22). The van der Waals surface area contributed by atoms with Gasteiger partial charge >= 0.3 is 5.97 Å². The van der Waals surface area contributed by atoms with E-state index in [0.717, 1.165) is 4.47 Å². The van der Waals surface area contributed by atoms with Crippen LogP contribution in [0.25, 0.3) is 10.9 Å². The molecule has 0 saturated carbocycles. The average molecular weight is 406 g/mol. The number of hydrogen-bond donors (Lipinski definition) is 3. The van der Waals surface area contributed by atoms with E-state index in [1.54, 1.807) is 24.3 Å². The van der Waals surface area contributed by atoms with Crippen LogP contribution in [-0.2, 0) is 11.4 Å². The Bertz CT molecular complexity index is 934. The number of pyridine rings is 1. The van der Waals surface area contributed by atoms with Gasteiger partial charge < -0.3 is 15.0 Å². The topological polar surface area (TPSA) is 111 Å². The summed E-state index contributed by atoms with van der Waals surface area (Å²) in [6.45, 7) is 0. The van der Waals surface area contributed by atoms with Crippen molar-refractivity contribution in [3.8, 4) is 0 Å². The van der Waals surface area contributed by atoms with E-state index in [2.05, 4.69) is 26.2 Å². The number of nitrogens with zero attached hydrogens (tertiary/aromatic N) is 1. The summed E-state index contributed by atoms with van der Waals surface area (Å²) in [4.78, 5) is 15.9. The molecule has 6 nitrogen and oxygen atoms in total. The molecule has 0 aliphatic heterocycles. The molecule has 0 aliphatic rings. The van der Waals surface area contributed by atoms with E-state index in [-0.39, 0.29) is 5.56 Å². The molecular weight excluding hydrogens is 394 g/mol. The zero-order valence-corrected chi connectivity index (χ0v) is 14.6. The first-order valence-electron chi connectivity index (χ1n) is 6.81. The molecule has 0 amide bonds. The number of benzene rings is 2. The number of aromatic nitrogens is 1. The molecule has 0 fully saturated rings. The molecule has 1 heterocycles. The van der Waals surface area contributed by atoms with Gasteiger partial charge in [-0.2, -0.15) is 0 Å². The summed E-state index contributed by atoms with van der Waals surface area (Å²) in [5, 5.41) is 18.6. The van der Waals surface area contributed by atoms with Gasteiger partial charge in [0.15, 0.2) is 0 Å². The second kappa shape index (κ2) is 6.78. The number of nitrogens with one attached hydrogen (secondary N) is 1. The predicted molar refractivity (Wildman–Crippen MR) is 96.7 cm³/mol. The lowest BCUT2D eigenvalue weighted by Crippen LogP contribution is -2.15. The van der Waals surface area contributed by atoms with E-state index in [1.165, 1.54) is 12.3 Å². The summed E-state index contributed by atoms with van der Waals surface area (Å²) in [7, 11) is 0. The molecule has 2 aromatic carbocycles. The minimum absolute atomic E-state index is 0.103. The number of fused-ring (bicyclic) bond motifs is 1. The maximum atomic E-state index is 11.9. The lowest BCUT2D eigenvalue weighted by atomic mass is 10.1. The van der Waals surface area contributed by atoms with E-state index in [9.17, 15) is 14.5 Å². The number of rotatable bonds is 4. The summed E-state index contributed by atoms with van der Waals surface area (Å²) < 4.78 is 12.7. The van der Waals surface area contributed by atoms with Crippen molar-refractivity contribution in [1.29, 1.82) is 0 Å². The van der Waals surface area contributed by atoms with Crippen molar-refractivity contribution in [2.24, 2.45) is 5.14 Å². The molecule has 0 spiro atoms. The number of aromatic carboxylic acids is 1. The molecule has 24 heavy (non-hydrogen) atoms. The van der Waals surface area contributed by atoms with Crippen LogP contribution in [0.5, 0.6) is 0 Å². The highest BCUT2D eigenvalue weighted by molar-refractivity contribution is 9.10. The van der Waals surface area contributed by atoms with Gasteiger partial charge in [0.2, 0.25) is 4.90 Å². The molecular formula is C16H12BrN3O3S. The maximum Gasteiger partial charge on any atom is 0.337 e. The first kappa shape index (κ1) is 16.7.